The number of aromatic nitrogens is 4. The number of halogens is 1. The molecule has 0 aliphatic heterocycles. The first-order valence-corrected chi connectivity index (χ1v) is 6.43. The molecule has 2 heterocycles. The molecule has 1 atom stereocenters. The highest BCUT2D eigenvalue weighted by molar-refractivity contribution is 6.30. The topological polar surface area (TPSA) is 86.7 Å². The summed E-state index contributed by atoms with van der Waals surface area (Å²) in [4.78, 5) is 15.2. The molecule has 3 N–H and O–H groups in total. The molecule has 7 heteroatoms. The molecular formula is C13H12ClN5O. The molecule has 0 amide bonds. The van der Waals surface area contributed by atoms with Crippen LogP contribution < -0.4 is 5.32 Å². The predicted molar refractivity (Wildman–Crippen MR) is 76.6 cm³/mol. The van der Waals surface area contributed by atoms with Gasteiger partial charge in [-0.2, -0.15) is 0 Å². The Kier molecular flexibility index (Phi) is 3.49. The second-order valence-electron chi connectivity index (χ2n) is 4.27. The van der Waals surface area contributed by atoms with E-state index < -0.39 is 6.10 Å². The molecule has 0 fully saturated rings. The zero-order valence-electron chi connectivity index (χ0n) is 10.4. The maximum absolute atomic E-state index is 10.1. The summed E-state index contributed by atoms with van der Waals surface area (Å²) in [6.07, 6.45) is 2.33. The molecule has 1 unspecified atom stereocenters. The van der Waals surface area contributed by atoms with Crippen molar-refractivity contribution in [3.05, 3.63) is 47.5 Å². The standard InChI is InChI=1S/C13H12ClN5O/c14-9-3-1-8(2-4-9)10(20)5-15-12-11-13(17-6-16-11)19-7-18-12/h1-4,6-7,10,20H,5H2,(H2,15,16,17,18,19). The van der Waals surface area contributed by atoms with Gasteiger partial charge in [-0.3, -0.25) is 0 Å². The third kappa shape index (κ3) is 2.56. The molecule has 0 bridgehead atoms. The van der Waals surface area contributed by atoms with Gasteiger partial charge in [0.15, 0.2) is 11.5 Å². The van der Waals surface area contributed by atoms with Crippen LogP contribution in [0.1, 0.15) is 11.7 Å². The van der Waals surface area contributed by atoms with E-state index in [1.54, 1.807) is 30.6 Å². The van der Waals surface area contributed by atoms with Crippen molar-refractivity contribution in [1.29, 1.82) is 0 Å². The quantitative estimate of drug-likeness (QED) is 0.685. The van der Waals surface area contributed by atoms with Gasteiger partial charge in [0.05, 0.1) is 12.4 Å². The second kappa shape index (κ2) is 5.44. The summed E-state index contributed by atoms with van der Waals surface area (Å²) in [6, 6.07) is 7.08. The van der Waals surface area contributed by atoms with Crippen LogP contribution in [0.4, 0.5) is 5.82 Å². The number of H-pyrrole nitrogens is 1. The van der Waals surface area contributed by atoms with Crippen LogP contribution in [0.2, 0.25) is 5.02 Å². The fraction of sp³-hybridized carbons (Fsp3) is 0.154. The van der Waals surface area contributed by atoms with E-state index in [0.717, 1.165) is 11.1 Å². The second-order valence-corrected chi connectivity index (χ2v) is 4.71. The Morgan fingerprint density at radius 1 is 1.20 bits per heavy atom. The van der Waals surface area contributed by atoms with Crippen molar-refractivity contribution in [1.82, 2.24) is 19.9 Å². The number of imidazole rings is 1. The van der Waals surface area contributed by atoms with Crippen LogP contribution in [-0.4, -0.2) is 31.6 Å². The van der Waals surface area contributed by atoms with Gasteiger partial charge in [0.1, 0.15) is 11.8 Å². The largest absolute Gasteiger partial charge is 0.387 e. The average Bonchev–Trinajstić information content (AvgIpc) is 2.94. The maximum Gasteiger partial charge on any atom is 0.182 e. The minimum Gasteiger partial charge on any atom is -0.387 e. The Bertz CT molecular complexity index is 712. The van der Waals surface area contributed by atoms with Crippen molar-refractivity contribution in [2.24, 2.45) is 0 Å². The number of nitrogens with zero attached hydrogens (tertiary/aromatic N) is 3. The summed E-state index contributed by atoms with van der Waals surface area (Å²) >= 11 is 5.82. The van der Waals surface area contributed by atoms with E-state index in [4.69, 9.17) is 11.6 Å². The highest BCUT2D eigenvalue weighted by Crippen LogP contribution is 2.19. The van der Waals surface area contributed by atoms with Crippen molar-refractivity contribution in [3.8, 4) is 0 Å². The number of hydrogen-bond donors (Lipinski definition) is 3. The average molecular weight is 290 g/mol. The van der Waals surface area contributed by atoms with Gasteiger partial charge in [-0.15, -0.1) is 0 Å². The third-order valence-electron chi connectivity index (χ3n) is 2.94. The molecule has 0 saturated carbocycles. The zero-order chi connectivity index (χ0) is 13.9. The van der Waals surface area contributed by atoms with Gasteiger partial charge in [-0.1, -0.05) is 23.7 Å². The van der Waals surface area contributed by atoms with E-state index in [-0.39, 0.29) is 0 Å². The van der Waals surface area contributed by atoms with Crippen LogP contribution in [0.5, 0.6) is 0 Å². The molecule has 3 rings (SSSR count). The molecule has 0 radical (unpaired) electrons. The molecule has 3 aromatic rings. The lowest BCUT2D eigenvalue weighted by atomic mass is 10.1. The lowest BCUT2D eigenvalue weighted by molar-refractivity contribution is 0.191. The summed E-state index contributed by atoms with van der Waals surface area (Å²) in [5.41, 5.74) is 2.09. The van der Waals surface area contributed by atoms with Crippen LogP contribution in [0.3, 0.4) is 0 Å². The molecule has 6 nitrogen and oxygen atoms in total. The van der Waals surface area contributed by atoms with Crippen molar-refractivity contribution >= 4 is 28.6 Å². The summed E-state index contributed by atoms with van der Waals surface area (Å²) < 4.78 is 0. The van der Waals surface area contributed by atoms with Crippen LogP contribution >= 0.6 is 11.6 Å². The Labute approximate surface area is 119 Å². The summed E-state index contributed by atoms with van der Waals surface area (Å²) in [5.74, 6) is 0.612. The number of rotatable bonds is 4. The molecule has 0 aliphatic carbocycles. The van der Waals surface area contributed by atoms with E-state index in [9.17, 15) is 5.11 Å². The summed E-state index contributed by atoms with van der Waals surface area (Å²) in [7, 11) is 0. The Hall–Kier alpha value is -2.18. The predicted octanol–water partition coefficient (Wildman–Crippen LogP) is 2.15. The fourth-order valence-corrected chi connectivity index (χ4v) is 2.02. The van der Waals surface area contributed by atoms with Gasteiger partial charge in [-0.25, -0.2) is 15.0 Å². The lowest BCUT2D eigenvalue weighted by Crippen LogP contribution is -2.13. The number of fused-ring (bicyclic) bond motifs is 1. The van der Waals surface area contributed by atoms with E-state index in [2.05, 4.69) is 25.3 Å². The first kappa shape index (κ1) is 12.8. The van der Waals surface area contributed by atoms with Crippen LogP contribution in [0.15, 0.2) is 36.9 Å². The Morgan fingerprint density at radius 3 is 2.80 bits per heavy atom. The summed E-state index contributed by atoms with van der Waals surface area (Å²) in [6.45, 7) is 0.326. The van der Waals surface area contributed by atoms with Gasteiger partial charge in [0.25, 0.3) is 0 Å². The normalized spacial score (nSPS) is 12.5. The molecule has 2 aromatic heterocycles. The van der Waals surface area contributed by atoms with E-state index in [0.29, 0.717) is 23.0 Å². The fourth-order valence-electron chi connectivity index (χ4n) is 1.90. The SMILES string of the molecule is OC(CNc1ncnc2nc[nH]c12)c1ccc(Cl)cc1. The number of aliphatic hydroxyl groups is 1. The third-order valence-corrected chi connectivity index (χ3v) is 3.19. The van der Waals surface area contributed by atoms with Crippen LogP contribution in [0, 0.1) is 0 Å². The summed E-state index contributed by atoms with van der Waals surface area (Å²) in [5, 5.41) is 13.8. The molecule has 102 valence electrons. The molecule has 1 aromatic carbocycles. The number of benzene rings is 1. The van der Waals surface area contributed by atoms with Gasteiger partial charge < -0.3 is 15.4 Å². The number of nitrogens with one attached hydrogen (secondary N) is 2. The highest BCUT2D eigenvalue weighted by Gasteiger charge is 2.10. The first-order valence-electron chi connectivity index (χ1n) is 6.05. The van der Waals surface area contributed by atoms with Crippen molar-refractivity contribution < 1.29 is 5.11 Å². The van der Waals surface area contributed by atoms with E-state index >= 15 is 0 Å². The van der Waals surface area contributed by atoms with Crippen molar-refractivity contribution in [2.75, 3.05) is 11.9 Å². The van der Waals surface area contributed by atoms with Gasteiger partial charge in [0.2, 0.25) is 0 Å². The lowest BCUT2D eigenvalue weighted by Gasteiger charge is -2.12. The minimum atomic E-state index is -0.653. The molecule has 0 spiro atoms. The Morgan fingerprint density at radius 2 is 2.00 bits per heavy atom. The molecule has 0 saturated heterocycles. The highest BCUT2D eigenvalue weighted by atomic mass is 35.5. The molecule has 20 heavy (non-hydrogen) atoms. The van der Waals surface area contributed by atoms with Crippen molar-refractivity contribution in [2.45, 2.75) is 6.10 Å². The van der Waals surface area contributed by atoms with Crippen molar-refractivity contribution in [3.63, 3.8) is 0 Å². The van der Waals surface area contributed by atoms with Gasteiger partial charge >= 0.3 is 0 Å². The first-order chi connectivity index (χ1) is 9.74. The number of aliphatic hydroxyl groups excluding tert-OH is 1. The van der Waals surface area contributed by atoms with E-state index in [1.807, 2.05) is 0 Å². The monoisotopic (exact) mass is 289 g/mol. The molecular weight excluding hydrogens is 278 g/mol. The number of hydrogen-bond acceptors (Lipinski definition) is 5. The van der Waals surface area contributed by atoms with Gasteiger partial charge in [-0.05, 0) is 17.7 Å². The van der Waals surface area contributed by atoms with E-state index in [1.165, 1.54) is 6.33 Å². The van der Waals surface area contributed by atoms with Gasteiger partial charge in [0, 0.05) is 11.6 Å². The number of aromatic amines is 1. The molecule has 0 aliphatic rings. The maximum atomic E-state index is 10.1. The zero-order valence-corrected chi connectivity index (χ0v) is 11.2. The smallest absolute Gasteiger partial charge is 0.182 e. The Balaban J connectivity index is 1.73. The van der Waals surface area contributed by atoms with Crippen LogP contribution in [-0.2, 0) is 0 Å². The van der Waals surface area contributed by atoms with Crippen LogP contribution in [0.25, 0.3) is 11.2 Å². The number of anilines is 1. The minimum absolute atomic E-state index is 0.326.